The summed E-state index contributed by atoms with van der Waals surface area (Å²) >= 11 is 5.34. The molecule has 0 atom stereocenters. The molecule has 0 fully saturated rings. The molecule has 0 amide bonds. The number of halogens is 1. The van der Waals surface area contributed by atoms with Gasteiger partial charge in [0.2, 0.25) is 0 Å². The first-order valence-corrected chi connectivity index (χ1v) is 8.68. The van der Waals surface area contributed by atoms with Gasteiger partial charge in [-0.3, -0.25) is 0 Å². The number of alkyl halides is 1. The Balaban J connectivity index is 3.16. The Hall–Kier alpha value is -1.27. The van der Waals surface area contributed by atoms with Crippen molar-refractivity contribution in [1.82, 2.24) is 0 Å². The van der Waals surface area contributed by atoms with E-state index in [0.29, 0.717) is 17.5 Å². The Labute approximate surface area is 130 Å². The lowest BCUT2D eigenvalue weighted by Gasteiger charge is -2.13. The fourth-order valence-corrected chi connectivity index (χ4v) is 2.37. The third-order valence-corrected chi connectivity index (χ3v) is 4.05. The second kappa shape index (κ2) is 7.66. The quantitative estimate of drug-likeness (QED) is 0.435. The minimum atomic E-state index is -3.82. The molecule has 5 nitrogen and oxygen atoms in total. The molecule has 0 unspecified atom stereocenters. The number of benzene rings is 1. The average molecular weight is 335 g/mol. The standard InChI is InChI=1S/C14H19ClO5S/c1-4-19-14(16)11-5-6-13(20-21(17,18)9-15)12(8-11)7-10(2)3/h5-6,8,10H,4,7,9H2,1-3H3. The van der Waals surface area contributed by atoms with Crippen molar-refractivity contribution < 1.29 is 22.1 Å². The lowest BCUT2D eigenvalue weighted by atomic mass is 10.00. The summed E-state index contributed by atoms with van der Waals surface area (Å²) in [6, 6.07) is 4.52. The van der Waals surface area contributed by atoms with Gasteiger partial charge in [-0.05, 0) is 43.0 Å². The van der Waals surface area contributed by atoms with Gasteiger partial charge in [0.25, 0.3) is 0 Å². The molecule has 7 heteroatoms. The van der Waals surface area contributed by atoms with Gasteiger partial charge in [-0.25, -0.2) is 4.79 Å². The summed E-state index contributed by atoms with van der Waals surface area (Å²) in [5.74, 6) is 0.00940. The molecule has 0 radical (unpaired) electrons. The number of hydrogen-bond donors (Lipinski definition) is 0. The van der Waals surface area contributed by atoms with Gasteiger partial charge in [-0.2, -0.15) is 8.42 Å². The Morgan fingerprint density at radius 1 is 1.33 bits per heavy atom. The zero-order valence-corrected chi connectivity index (χ0v) is 13.8. The molecule has 0 aromatic heterocycles. The third kappa shape index (κ3) is 5.55. The van der Waals surface area contributed by atoms with Crippen LogP contribution in [-0.4, -0.2) is 26.2 Å². The molecule has 1 aromatic rings. The van der Waals surface area contributed by atoms with Gasteiger partial charge in [-0.1, -0.05) is 13.8 Å². The number of carbonyl (C=O) groups is 1. The van der Waals surface area contributed by atoms with Crippen LogP contribution in [0.2, 0.25) is 0 Å². The monoisotopic (exact) mass is 334 g/mol. The topological polar surface area (TPSA) is 69.7 Å². The smallest absolute Gasteiger partial charge is 0.338 e. The summed E-state index contributed by atoms with van der Waals surface area (Å²) in [5.41, 5.74) is 0.993. The summed E-state index contributed by atoms with van der Waals surface area (Å²) in [6.45, 7) is 5.96. The van der Waals surface area contributed by atoms with Crippen molar-refractivity contribution in [1.29, 1.82) is 0 Å². The Bertz CT molecular complexity index is 595. The van der Waals surface area contributed by atoms with E-state index < -0.39 is 21.3 Å². The van der Waals surface area contributed by atoms with Gasteiger partial charge in [0, 0.05) is 0 Å². The Morgan fingerprint density at radius 3 is 2.52 bits per heavy atom. The molecule has 0 heterocycles. The fraction of sp³-hybridized carbons (Fsp3) is 0.500. The molecule has 0 aliphatic carbocycles. The predicted octanol–water partition coefficient (Wildman–Crippen LogP) is 2.97. The maximum absolute atomic E-state index is 11.7. The zero-order chi connectivity index (χ0) is 16.0. The van der Waals surface area contributed by atoms with Crippen LogP contribution in [0.5, 0.6) is 5.75 Å². The second-order valence-corrected chi connectivity index (χ2v) is 7.05. The highest BCUT2D eigenvalue weighted by molar-refractivity contribution is 7.88. The van der Waals surface area contributed by atoms with Gasteiger partial charge in [0.15, 0.2) is 5.21 Å². The van der Waals surface area contributed by atoms with Crippen molar-refractivity contribution in [2.45, 2.75) is 27.2 Å². The molecule has 0 aliphatic heterocycles. The highest BCUT2D eigenvalue weighted by atomic mass is 35.5. The first kappa shape index (κ1) is 17.8. The van der Waals surface area contributed by atoms with Gasteiger partial charge in [0.1, 0.15) is 5.75 Å². The molecule has 1 rings (SSSR count). The van der Waals surface area contributed by atoms with E-state index in [1.54, 1.807) is 13.0 Å². The van der Waals surface area contributed by atoms with Gasteiger partial charge in [-0.15, -0.1) is 11.6 Å². The summed E-state index contributed by atoms with van der Waals surface area (Å²) < 4.78 is 32.9. The molecular formula is C14H19ClO5S. The average Bonchev–Trinajstić information content (AvgIpc) is 2.40. The molecule has 0 bridgehead atoms. The Morgan fingerprint density at radius 2 is 2.00 bits per heavy atom. The highest BCUT2D eigenvalue weighted by Crippen LogP contribution is 2.25. The summed E-state index contributed by atoms with van der Waals surface area (Å²) in [6.07, 6.45) is 0.570. The first-order valence-electron chi connectivity index (χ1n) is 6.57. The molecule has 21 heavy (non-hydrogen) atoms. The molecule has 118 valence electrons. The van der Waals surface area contributed by atoms with Crippen molar-refractivity contribution in [2.24, 2.45) is 5.92 Å². The number of hydrogen-bond acceptors (Lipinski definition) is 5. The SMILES string of the molecule is CCOC(=O)c1ccc(OS(=O)(=O)CCl)c(CC(C)C)c1. The maximum atomic E-state index is 11.7. The van der Waals surface area contributed by atoms with Crippen LogP contribution < -0.4 is 4.18 Å². The molecule has 0 saturated carbocycles. The van der Waals surface area contributed by atoms with Crippen LogP contribution >= 0.6 is 11.6 Å². The number of carbonyl (C=O) groups excluding carboxylic acids is 1. The van der Waals surface area contributed by atoms with Crippen LogP contribution in [0, 0.1) is 5.92 Å². The number of esters is 1. The molecule has 0 N–H and O–H groups in total. The van der Waals surface area contributed by atoms with Gasteiger partial charge >= 0.3 is 16.1 Å². The normalized spacial score (nSPS) is 11.5. The van der Waals surface area contributed by atoms with E-state index in [0.717, 1.165) is 0 Å². The molecule has 0 spiro atoms. The predicted molar refractivity (Wildman–Crippen MR) is 81.2 cm³/mol. The van der Waals surface area contributed by atoms with E-state index in [-0.39, 0.29) is 18.3 Å². The molecule has 0 aliphatic rings. The van der Waals surface area contributed by atoms with Crippen molar-refractivity contribution >= 4 is 27.7 Å². The van der Waals surface area contributed by atoms with E-state index in [2.05, 4.69) is 0 Å². The highest BCUT2D eigenvalue weighted by Gasteiger charge is 2.17. The van der Waals surface area contributed by atoms with Crippen molar-refractivity contribution in [3.63, 3.8) is 0 Å². The van der Waals surface area contributed by atoms with Crippen LogP contribution in [0.25, 0.3) is 0 Å². The third-order valence-electron chi connectivity index (χ3n) is 2.55. The molecule has 1 aromatic carbocycles. The lowest BCUT2D eigenvalue weighted by Crippen LogP contribution is -2.13. The van der Waals surface area contributed by atoms with E-state index in [9.17, 15) is 13.2 Å². The molecule has 0 saturated heterocycles. The van der Waals surface area contributed by atoms with Crippen LogP contribution in [0.1, 0.15) is 36.7 Å². The van der Waals surface area contributed by atoms with Crippen molar-refractivity contribution in [3.8, 4) is 5.75 Å². The van der Waals surface area contributed by atoms with Crippen LogP contribution in [0.3, 0.4) is 0 Å². The van der Waals surface area contributed by atoms with Crippen LogP contribution in [0.4, 0.5) is 0 Å². The second-order valence-electron chi connectivity index (χ2n) is 4.89. The summed E-state index contributed by atoms with van der Waals surface area (Å²) in [4.78, 5) is 11.7. The van der Waals surface area contributed by atoms with E-state index in [1.165, 1.54) is 12.1 Å². The number of rotatable bonds is 7. The Kier molecular flexibility index (Phi) is 6.48. The van der Waals surface area contributed by atoms with Crippen LogP contribution in [-0.2, 0) is 21.3 Å². The van der Waals surface area contributed by atoms with E-state index in [1.807, 2.05) is 13.8 Å². The van der Waals surface area contributed by atoms with E-state index in [4.69, 9.17) is 20.5 Å². The van der Waals surface area contributed by atoms with Gasteiger partial charge in [0.05, 0.1) is 12.2 Å². The van der Waals surface area contributed by atoms with Gasteiger partial charge < -0.3 is 8.92 Å². The first-order chi connectivity index (χ1) is 9.79. The number of ether oxygens (including phenoxy) is 1. The summed E-state index contributed by atoms with van der Waals surface area (Å²) in [5, 5.41) is -0.631. The van der Waals surface area contributed by atoms with Crippen molar-refractivity contribution in [2.75, 3.05) is 11.8 Å². The lowest BCUT2D eigenvalue weighted by molar-refractivity contribution is 0.0526. The van der Waals surface area contributed by atoms with Crippen LogP contribution in [0.15, 0.2) is 18.2 Å². The minimum Gasteiger partial charge on any atom is -0.462 e. The van der Waals surface area contributed by atoms with Crippen molar-refractivity contribution in [3.05, 3.63) is 29.3 Å². The maximum Gasteiger partial charge on any atom is 0.338 e. The molecular weight excluding hydrogens is 316 g/mol. The largest absolute Gasteiger partial charge is 0.462 e. The summed E-state index contributed by atoms with van der Waals surface area (Å²) in [7, 11) is -3.82. The minimum absolute atomic E-state index is 0.192. The zero-order valence-electron chi connectivity index (χ0n) is 12.3. The van der Waals surface area contributed by atoms with E-state index >= 15 is 0 Å². The fourth-order valence-electron chi connectivity index (χ4n) is 1.76.